The van der Waals surface area contributed by atoms with Crippen molar-refractivity contribution in [2.24, 2.45) is 5.90 Å². The number of rotatable bonds is 12. The number of allylic oxidation sites excluding steroid dienone is 3. The van der Waals surface area contributed by atoms with Crippen molar-refractivity contribution in [2.45, 2.75) is 79.6 Å². The molecule has 0 aliphatic heterocycles. The lowest BCUT2D eigenvalue weighted by atomic mass is 10.1. The molecule has 2 amide bonds. The number of hydrogen-bond donors (Lipinski definition) is 3. The minimum absolute atomic E-state index is 0.00800. The lowest BCUT2D eigenvalue weighted by Gasteiger charge is -2.14. The highest BCUT2D eigenvalue weighted by Gasteiger charge is 2.16. The Bertz CT molecular complexity index is 474. The van der Waals surface area contributed by atoms with Gasteiger partial charge in [-0.05, 0) is 39.2 Å². The topological polar surface area (TPSA) is 113 Å². The highest BCUT2D eigenvalue weighted by atomic mass is 16.4. The van der Waals surface area contributed by atoms with E-state index in [4.69, 9.17) is 5.21 Å². The van der Waals surface area contributed by atoms with Crippen LogP contribution in [-0.4, -0.2) is 41.3 Å². The van der Waals surface area contributed by atoms with Gasteiger partial charge in [-0.15, -0.1) is 0 Å². The number of carbonyl (C=O) groups excluding carboxylic acids is 3. The van der Waals surface area contributed by atoms with Crippen LogP contribution in [0.5, 0.6) is 0 Å². The maximum Gasteiger partial charge on any atom is 0.289 e. The number of nitrogens with two attached hydrogens (primary N) is 1. The number of likely N-dealkylation sites (N-methyl/N-ethyl adjacent to an activating group) is 1. The van der Waals surface area contributed by atoms with E-state index in [2.05, 4.69) is 11.2 Å². The predicted molar refractivity (Wildman–Crippen MR) is 115 cm³/mol. The highest BCUT2D eigenvalue weighted by Crippen LogP contribution is 2.07. The zero-order chi connectivity index (χ0) is 22.4. The van der Waals surface area contributed by atoms with Crippen LogP contribution in [0.25, 0.3) is 0 Å². The molecule has 0 heterocycles. The number of Topliss-reactive ketones (excluding diaryl/α,β-unsaturated/α-hetero) is 1. The Morgan fingerprint density at radius 3 is 2.00 bits per heavy atom. The van der Waals surface area contributed by atoms with Crippen molar-refractivity contribution in [3.05, 3.63) is 23.9 Å². The van der Waals surface area contributed by atoms with Gasteiger partial charge in [0.25, 0.3) is 5.91 Å². The van der Waals surface area contributed by atoms with E-state index >= 15 is 0 Å². The van der Waals surface area contributed by atoms with E-state index in [0.29, 0.717) is 25.8 Å². The van der Waals surface area contributed by atoms with E-state index in [1.807, 2.05) is 52.8 Å². The van der Waals surface area contributed by atoms with E-state index in [0.717, 1.165) is 31.4 Å². The lowest BCUT2D eigenvalue weighted by Crippen LogP contribution is -2.33. The van der Waals surface area contributed by atoms with E-state index in [1.54, 1.807) is 7.05 Å². The van der Waals surface area contributed by atoms with Crippen molar-refractivity contribution >= 4 is 17.6 Å². The molecule has 0 aliphatic carbocycles. The second-order valence-electron chi connectivity index (χ2n) is 5.86. The minimum atomic E-state index is -0.390. The molecule has 0 saturated heterocycles. The summed E-state index contributed by atoms with van der Waals surface area (Å²) >= 11 is 0. The number of hydrogen-bond acceptors (Lipinski definition) is 5. The summed E-state index contributed by atoms with van der Waals surface area (Å²) in [6.45, 7) is 10.4. The van der Waals surface area contributed by atoms with Crippen LogP contribution in [0.3, 0.4) is 0 Å². The molecule has 0 radical (unpaired) electrons. The normalized spacial score (nSPS) is 10.4. The molecular weight excluding hydrogens is 358 g/mol. The van der Waals surface area contributed by atoms with Crippen LogP contribution in [0.2, 0.25) is 0 Å². The van der Waals surface area contributed by atoms with Crippen LogP contribution in [0.1, 0.15) is 79.6 Å². The summed E-state index contributed by atoms with van der Waals surface area (Å²) in [5.41, 5.74) is 0.808. The van der Waals surface area contributed by atoms with Crippen LogP contribution in [0.4, 0.5) is 0 Å². The third kappa shape index (κ3) is 17.4. The van der Waals surface area contributed by atoms with Crippen molar-refractivity contribution in [2.75, 3.05) is 13.6 Å². The van der Waals surface area contributed by atoms with Crippen molar-refractivity contribution in [3.8, 4) is 0 Å². The molecule has 0 spiro atoms. The van der Waals surface area contributed by atoms with E-state index < -0.39 is 0 Å². The Hall–Kier alpha value is -1.99. The van der Waals surface area contributed by atoms with Gasteiger partial charge in [-0.25, -0.2) is 5.90 Å². The standard InChI is InChI=1S/C19H32N2O3.C2H6.H3NO/c1-5-12-16(7-3)20-18(23)14-11-9-8-10-13-17(22)19(24)21(4)15-6-2;2*1-2/h5,7,12H,6,8-11,13-15H2,1-4H3,(H,20,23);1-2H3;2H,1H2/b12-5-,16-7+;;. The highest BCUT2D eigenvalue weighted by molar-refractivity contribution is 6.35. The first kappa shape index (κ1) is 30.7. The molecule has 0 saturated carbocycles. The van der Waals surface area contributed by atoms with Gasteiger partial charge in [0.15, 0.2) is 0 Å². The number of nitrogens with zero attached hydrogens (tertiary/aromatic N) is 1. The number of amides is 2. The van der Waals surface area contributed by atoms with E-state index in [9.17, 15) is 14.4 Å². The molecule has 0 aromatic rings. The van der Waals surface area contributed by atoms with Gasteiger partial charge in [0.1, 0.15) is 0 Å². The molecule has 0 aromatic heterocycles. The molecule has 28 heavy (non-hydrogen) atoms. The summed E-state index contributed by atoms with van der Waals surface area (Å²) in [5, 5.41) is 9.35. The Balaban J connectivity index is -0.00000146. The number of unbranched alkanes of at least 4 members (excludes halogenated alkanes) is 3. The molecule has 0 aromatic carbocycles. The first-order chi connectivity index (χ1) is 13.5. The van der Waals surface area contributed by atoms with Gasteiger partial charge in [-0.1, -0.05) is 45.8 Å². The van der Waals surface area contributed by atoms with Gasteiger partial charge < -0.3 is 15.4 Å². The number of nitrogens with one attached hydrogen (secondary N) is 1. The summed E-state index contributed by atoms with van der Waals surface area (Å²) < 4.78 is 0. The van der Waals surface area contributed by atoms with Crippen molar-refractivity contribution < 1.29 is 19.6 Å². The molecule has 7 nitrogen and oxygen atoms in total. The zero-order valence-corrected chi connectivity index (χ0v) is 18.6. The van der Waals surface area contributed by atoms with Gasteiger partial charge in [0.2, 0.25) is 11.7 Å². The summed E-state index contributed by atoms with van der Waals surface area (Å²) in [6, 6.07) is 0. The monoisotopic (exact) mass is 399 g/mol. The van der Waals surface area contributed by atoms with Crippen LogP contribution in [0.15, 0.2) is 23.9 Å². The van der Waals surface area contributed by atoms with Crippen molar-refractivity contribution in [3.63, 3.8) is 0 Å². The Kier molecular flexibility index (Phi) is 25.3. The molecule has 0 unspecified atom stereocenters. The van der Waals surface area contributed by atoms with Crippen LogP contribution < -0.4 is 11.2 Å². The van der Waals surface area contributed by atoms with Crippen molar-refractivity contribution in [1.82, 2.24) is 10.2 Å². The Morgan fingerprint density at radius 2 is 1.54 bits per heavy atom. The molecule has 4 N–H and O–H groups in total. The summed E-state index contributed by atoms with van der Waals surface area (Å²) in [4.78, 5) is 36.7. The third-order valence-corrected chi connectivity index (χ3v) is 3.64. The van der Waals surface area contributed by atoms with Gasteiger partial charge in [-0.2, -0.15) is 0 Å². The van der Waals surface area contributed by atoms with Crippen LogP contribution in [-0.2, 0) is 14.4 Å². The van der Waals surface area contributed by atoms with Gasteiger partial charge in [0, 0.05) is 32.1 Å². The molecule has 0 bridgehead atoms. The molecule has 0 atom stereocenters. The van der Waals surface area contributed by atoms with Crippen LogP contribution >= 0.6 is 0 Å². The van der Waals surface area contributed by atoms with Gasteiger partial charge >= 0.3 is 0 Å². The average molecular weight is 400 g/mol. The maximum absolute atomic E-state index is 11.8. The molecule has 0 rings (SSSR count). The fourth-order valence-electron chi connectivity index (χ4n) is 2.29. The molecule has 0 fully saturated rings. The zero-order valence-electron chi connectivity index (χ0n) is 18.6. The van der Waals surface area contributed by atoms with E-state index in [1.165, 1.54) is 4.90 Å². The SMILES string of the molecule is C/C=C\C(=C/C)NC(=O)CCCCCCC(=O)C(=O)N(C)CCC.CC.NO. The van der Waals surface area contributed by atoms with E-state index in [-0.39, 0.29) is 17.6 Å². The quantitative estimate of drug-likeness (QED) is 0.200. The average Bonchev–Trinajstić information content (AvgIpc) is 2.72. The lowest BCUT2D eigenvalue weighted by molar-refractivity contribution is -0.143. The van der Waals surface area contributed by atoms with Gasteiger partial charge in [0.05, 0.1) is 0 Å². The molecular formula is C21H41N3O4. The Morgan fingerprint density at radius 1 is 1.00 bits per heavy atom. The molecule has 164 valence electrons. The summed E-state index contributed by atoms with van der Waals surface area (Å²) in [7, 11) is 1.66. The summed E-state index contributed by atoms with van der Waals surface area (Å²) in [6.07, 6.45) is 10.4. The second kappa shape index (κ2) is 23.0. The van der Waals surface area contributed by atoms with Crippen LogP contribution in [0, 0.1) is 0 Å². The number of carbonyl (C=O) groups is 3. The first-order valence-corrected chi connectivity index (χ1v) is 10.1. The second-order valence-corrected chi connectivity index (χ2v) is 5.86. The maximum atomic E-state index is 11.8. The largest absolute Gasteiger partial charge is 0.339 e. The molecule has 7 heteroatoms. The predicted octanol–water partition coefficient (Wildman–Crippen LogP) is 3.72. The minimum Gasteiger partial charge on any atom is -0.339 e. The molecule has 0 aliphatic rings. The fourth-order valence-corrected chi connectivity index (χ4v) is 2.29. The third-order valence-electron chi connectivity index (χ3n) is 3.64. The summed E-state index contributed by atoms with van der Waals surface area (Å²) in [5.74, 6) is 2.81. The number of ketones is 1. The smallest absolute Gasteiger partial charge is 0.289 e. The van der Waals surface area contributed by atoms with Crippen molar-refractivity contribution in [1.29, 1.82) is 0 Å². The fraction of sp³-hybridized carbons (Fsp3) is 0.667. The van der Waals surface area contributed by atoms with Gasteiger partial charge in [-0.3, -0.25) is 14.4 Å². The Labute approximate surface area is 171 Å². The first-order valence-electron chi connectivity index (χ1n) is 10.1.